The van der Waals surface area contributed by atoms with Gasteiger partial charge in [-0.25, -0.2) is 0 Å². The first-order valence-corrected chi connectivity index (χ1v) is 6.08. The van der Waals surface area contributed by atoms with E-state index < -0.39 is 10.5 Å². The number of carbonyl (C=O) groups excluding carboxylic acids is 1. The molecule has 0 aromatic heterocycles. The third-order valence-corrected chi connectivity index (χ3v) is 2.66. The molecule has 20 heavy (non-hydrogen) atoms. The van der Waals surface area contributed by atoms with Crippen molar-refractivity contribution < 1.29 is 14.5 Å². The van der Waals surface area contributed by atoms with Gasteiger partial charge in [0.05, 0.1) is 17.1 Å². The summed E-state index contributed by atoms with van der Waals surface area (Å²) in [6.45, 7) is 4.13. The molecule has 0 fully saturated rings. The highest BCUT2D eigenvalue weighted by atomic mass is 16.6. The van der Waals surface area contributed by atoms with Gasteiger partial charge in [0.2, 0.25) is 0 Å². The van der Waals surface area contributed by atoms with Gasteiger partial charge in [-0.1, -0.05) is 0 Å². The average molecular weight is 281 g/mol. The number of nitrogens with one attached hydrogen (secondary N) is 2. The highest BCUT2D eigenvalue weighted by Gasteiger charge is 2.23. The minimum atomic E-state index is -0.516. The molecule has 0 saturated carbocycles. The average Bonchev–Trinajstić information content (AvgIpc) is 2.37. The number of nitrogens with zero attached hydrogens (tertiary/aromatic N) is 1. The summed E-state index contributed by atoms with van der Waals surface area (Å²) in [6.07, 6.45) is 0. The lowest BCUT2D eigenvalue weighted by atomic mass is 10.1. The quantitative estimate of drug-likeness (QED) is 0.612. The van der Waals surface area contributed by atoms with E-state index in [1.54, 1.807) is 7.11 Å². The lowest BCUT2D eigenvalue weighted by molar-refractivity contribution is -0.384. The molecule has 0 bridgehead atoms. The van der Waals surface area contributed by atoms with Crippen LogP contribution in [0.15, 0.2) is 18.2 Å². The van der Waals surface area contributed by atoms with Crippen LogP contribution in [0.1, 0.15) is 24.2 Å². The van der Waals surface area contributed by atoms with E-state index in [0.29, 0.717) is 12.3 Å². The first-order chi connectivity index (χ1) is 9.30. The smallest absolute Gasteiger partial charge is 0.293 e. The highest BCUT2D eigenvalue weighted by molar-refractivity contribution is 5.95. The first-order valence-electron chi connectivity index (χ1n) is 6.08. The Morgan fingerprint density at radius 2 is 2.10 bits per heavy atom. The van der Waals surface area contributed by atoms with Crippen molar-refractivity contribution in [1.29, 1.82) is 0 Å². The van der Waals surface area contributed by atoms with Gasteiger partial charge in [0.15, 0.2) is 0 Å². The van der Waals surface area contributed by atoms with Gasteiger partial charge in [0.1, 0.15) is 5.69 Å². The number of ether oxygens (including phenoxy) is 1. The summed E-state index contributed by atoms with van der Waals surface area (Å²) in [5, 5.41) is 16.6. The van der Waals surface area contributed by atoms with E-state index in [-0.39, 0.29) is 17.2 Å². The second kappa shape index (κ2) is 6.33. The summed E-state index contributed by atoms with van der Waals surface area (Å²) >= 11 is 0. The number of benzene rings is 1. The zero-order valence-corrected chi connectivity index (χ0v) is 12.0. The number of hydrogen-bond acceptors (Lipinski definition) is 5. The molecule has 0 aliphatic carbocycles. The molecular formula is C13H19N3O4. The third kappa shape index (κ3) is 3.92. The molecule has 110 valence electrons. The second-order valence-corrected chi connectivity index (χ2v) is 5.01. The van der Waals surface area contributed by atoms with Gasteiger partial charge in [0, 0.05) is 25.8 Å². The SMILES string of the molecule is CNC(=O)c1ccc(NC(C)(C)COC)c([N+](=O)[O-])c1. The Kier molecular flexibility index (Phi) is 5.04. The molecule has 0 aliphatic heterocycles. The number of rotatable bonds is 6. The van der Waals surface area contributed by atoms with Crippen molar-refractivity contribution in [2.24, 2.45) is 0 Å². The van der Waals surface area contributed by atoms with Crippen molar-refractivity contribution in [3.8, 4) is 0 Å². The summed E-state index contributed by atoms with van der Waals surface area (Å²) in [5.74, 6) is -0.365. The van der Waals surface area contributed by atoms with Crippen molar-refractivity contribution in [2.75, 3.05) is 26.1 Å². The predicted octanol–water partition coefficient (Wildman–Crippen LogP) is 1.79. The number of amides is 1. The van der Waals surface area contributed by atoms with Gasteiger partial charge < -0.3 is 15.4 Å². The number of methoxy groups -OCH3 is 1. The summed E-state index contributed by atoms with van der Waals surface area (Å²) < 4.78 is 5.06. The molecule has 0 radical (unpaired) electrons. The first kappa shape index (κ1) is 15.9. The minimum Gasteiger partial charge on any atom is -0.382 e. The number of hydrogen-bond donors (Lipinski definition) is 2. The Balaban J connectivity index is 3.14. The van der Waals surface area contributed by atoms with Crippen LogP contribution in [-0.4, -0.2) is 37.1 Å². The van der Waals surface area contributed by atoms with Crippen LogP contribution < -0.4 is 10.6 Å². The van der Waals surface area contributed by atoms with Gasteiger partial charge >= 0.3 is 0 Å². The van der Waals surface area contributed by atoms with Crippen molar-refractivity contribution in [3.05, 3.63) is 33.9 Å². The molecule has 1 aromatic carbocycles. The van der Waals surface area contributed by atoms with Gasteiger partial charge in [-0.15, -0.1) is 0 Å². The summed E-state index contributed by atoms with van der Waals surface area (Å²) in [6, 6.07) is 4.32. The Morgan fingerprint density at radius 1 is 1.45 bits per heavy atom. The maximum Gasteiger partial charge on any atom is 0.293 e. The van der Waals surface area contributed by atoms with Crippen molar-refractivity contribution >= 4 is 17.3 Å². The third-order valence-electron chi connectivity index (χ3n) is 2.66. The van der Waals surface area contributed by atoms with E-state index in [2.05, 4.69) is 10.6 Å². The van der Waals surface area contributed by atoms with E-state index in [4.69, 9.17) is 4.74 Å². The van der Waals surface area contributed by atoms with Crippen molar-refractivity contribution in [3.63, 3.8) is 0 Å². The van der Waals surface area contributed by atoms with Crippen molar-refractivity contribution in [2.45, 2.75) is 19.4 Å². The van der Waals surface area contributed by atoms with Crippen LogP contribution in [0.5, 0.6) is 0 Å². The zero-order valence-electron chi connectivity index (χ0n) is 12.0. The summed E-state index contributed by atoms with van der Waals surface area (Å²) in [7, 11) is 3.04. The topological polar surface area (TPSA) is 93.5 Å². The maximum atomic E-state index is 11.5. The lowest BCUT2D eigenvalue weighted by Gasteiger charge is -2.26. The minimum absolute atomic E-state index is 0.143. The second-order valence-electron chi connectivity index (χ2n) is 5.01. The molecule has 0 unspecified atom stereocenters. The zero-order chi connectivity index (χ0) is 15.3. The van der Waals surface area contributed by atoms with Crippen LogP contribution in [0.3, 0.4) is 0 Å². The largest absolute Gasteiger partial charge is 0.382 e. The van der Waals surface area contributed by atoms with Crippen LogP contribution in [0, 0.1) is 10.1 Å². The van der Waals surface area contributed by atoms with Gasteiger partial charge in [0.25, 0.3) is 11.6 Å². The number of nitro groups is 1. The van der Waals surface area contributed by atoms with Crippen LogP contribution >= 0.6 is 0 Å². The standard InChI is InChI=1S/C13H19N3O4/c1-13(2,8-20-4)15-10-6-5-9(12(17)14-3)7-11(10)16(18)19/h5-7,15H,8H2,1-4H3,(H,14,17). The molecule has 1 amide bonds. The molecule has 0 saturated heterocycles. The monoisotopic (exact) mass is 281 g/mol. The Hall–Kier alpha value is -2.15. The molecule has 2 N–H and O–H groups in total. The van der Waals surface area contributed by atoms with Gasteiger partial charge in [-0.05, 0) is 26.0 Å². The molecule has 1 aromatic rings. The van der Waals surface area contributed by atoms with Gasteiger partial charge in [-0.3, -0.25) is 14.9 Å². The van der Waals surface area contributed by atoms with E-state index in [0.717, 1.165) is 0 Å². The van der Waals surface area contributed by atoms with E-state index in [1.807, 2.05) is 13.8 Å². The van der Waals surface area contributed by atoms with Crippen molar-refractivity contribution in [1.82, 2.24) is 5.32 Å². The fourth-order valence-corrected chi connectivity index (χ4v) is 1.84. The Morgan fingerprint density at radius 3 is 2.60 bits per heavy atom. The number of anilines is 1. The van der Waals surface area contributed by atoms with Crippen LogP contribution in [0.25, 0.3) is 0 Å². The fourth-order valence-electron chi connectivity index (χ4n) is 1.84. The van der Waals surface area contributed by atoms with E-state index in [1.165, 1.54) is 25.2 Å². The van der Waals surface area contributed by atoms with Crippen LogP contribution in [0.2, 0.25) is 0 Å². The van der Waals surface area contributed by atoms with Crippen LogP contribution in [-0.2, 0) is 4.74 Å². The highest BCUT2D eigenvalue weighted by Crippen LogP contribution is 2.28. The Labute approximate surface area is 117 Å². The Bertz CT molecular complexity index is 514. The molecule has 0 aliphatic rings. The van der Waals surface area contributed by atoms with Crippen LogP contribution in [0.4, 0.5) is 11.4 Å². The normalized spacial score (nSPS) is 11.0. The molecule has 0 heterocycles. The molecule has 7 heteroatoms. The molecule has 1 rings (SSSR count). The van der Waals surface area contributed by atoms with E-state index in [9.17, 15) is 14.9 Å². The van der Waals surface area contributed by atoms with Gasteiger partial charge in [-0.2, -0.15) is 0 Å². The van der Waals surface area contributed by atoms with E-state index >= 15 is 0 Å². The molecule has 0 spiro atoms. The molecule has 7 nitrogen and oxygen atoms in total. The summed E-state index contributed by atoms with van der Waals surface area (Å²) in [5.41, 5.74) is -0.0112. The molecular weight excluding hydrogens is 262 g/mol. The number of nitro benzene ring substituents is 1. The fraction of sp³-hybridized carbons (Fsp3) is 0.462. The molecule has 0 atom stereocenters. The lowest BCUT2D eigenvalue weighted by Crippen LogP contribution is -2.36. The maximum absolute atomic E-state index is 11.5. The predicted molar refractivity (Wildman–Crippen MR) is 76.1 cm³/mol. The number of carbonyl (C=O) groups is 1. The summed E-state index contributed by atoms with van der Waals surface area (Å²) in [4.78, 5) is 22.1.